The molecule has 102 valence electrons. The maximum atomic E-state index is 11.7. The topological polar surface area (TPSA) is 128 Å². The first kappa shape index (κ1) is 13.5. The van der Waals surface area contributed by atoms with Gasteiger partial charge in [0, 0.05) is 18.2 Å². The van der Waals surface area contributed by atoms with E-state index in [2.05, 4.69) is 4.98 Å². The lowest BCUT2D eigenvalue weighted by atomic mass is 10.0. The Kier molecular flexibility index (Phi) is 3.28. The fourth-order valence-corrected chi connectivity index (χ4v) is 2.02. The standard InChI is InChI=1S/C11H13N3O5/c1-6-3-14(10(18)13-8(6)17)9-7(16)2-11(4-12,5-15)19-9/h3,7,9,15-16H,2,5H2,1H3,(H,13,17,18)/t7-,9-,11-/m1/s1. The van der Waals surface area contributed by atoms with Crippen molar-refractivity contribution in [2.75, 3.05) is 6.61 Å². The monoisotopic (exact) mass is 267 g/mol. The minimum atomic E-state index is -1.53. The van der Waals surface area contributed by atoms with Crippen molar-refractivity contribution in [2.45, 2.75) is 31.3 Å². The van der Waals surface area contributed by atoms with Crippen molar-refractivity contribution in [3.8, 4) is 6.07 Å². The maximum Gasteiger partial charge on any atom is 0.330 e. The van der Waals surface area contributed by atoms with Gasteiger partial charge in [-0.25, -0.2) is 4.79 Å². The van der Waals surface area contributed by atoms with Gasteiger partial charge in [-0.15, -0.1) is 0 Å². The number of nitriles is 1. The summed E-state index contributed by atoms with van der Waals surface area (Å²) in [5.74, 6) is 0. The second-order valence-corrected chi connectivity index (χ2v) is 4.52. The number of nitrogens with zero attached hydrogens (tertiary/aromatic N) is 2. The van der Waals surface area contributed by atoms with Gasteiger partial charge >= 0.3 is 5.69 Å². The molecule has 8 heteroatoms. The number of ether oxygens (including phenoxy) is 1. The van der Waals surface area contributed by atoms with Crippen molar-refractivity contribution in [1.29, 1.82) is 5.26 Å². The van der Waals surface area contributed by atoms with Crippen LogP contribution in [0.3, 0.4) is 0 Å². The van der Waals surface area contributed by atoms with Gasteiger partial charge in [0.05, 0.1) is 6.61 Å². The van der Waals surface area contributed by atoms with Gasteiger partial charge < -0.3 is 14.9 Å². The Labute approximate surface area is 107 Å². The summed E-state index contributed by atoms with van der Waals surface area (Å²) in [7, 11) is 0. The highest BCUT2D eigenvalue weighted by Gasteiger charge is 2.47. The lowest BCUT2D eigenvalue weighted by molar-refractivity contribution is -0.0835. The third-order valence-electron chi connectivity index (χ3n) is 3.09. The van der Waals surface area contributed by atoms with Gasteiger partial charge in [0.15, 0.2) is 11.8 Å². The van der Waals surface area contributed by atoms with Crippen molar-refractivity contribution < 1.29 is 14.9 Å². The normalized spacial score (nSPS) is 30.2. The zero-order chi connectivity index (χ0) is 14.2. The Hall–Kier alpha value is -1.95. The van der Waals surface area contributed by atoms with Crippen LogP contribution in [0.15, 0.2) is 15.8 Å². The number of nitrogens with one attached hydrogen (secondary N) is 1. The first-order chi connectivity index (χ1) is 8.92. The van der Waals surface area contributed by atoms with Crippen LogP contribution in [0.5, 0.6) is 0 Å². The smallest absolute Gasteiger partial charge is 0.330 e. The average molecular weight is 267 g/mol. The van der Waals surface area contributed by atoms with Crippen LogP contribution >= 0.6 is 0 Å². The summed E-state index contributed by atoms with van der Waals surface area (Å²) in [4.78, 5) is 25.0. The van der Waals surface area contributed by atoms with E-state index in [1.54, 1.807) is 6.07 Å². The number of hydrogen-bond donors (Lipinski definition) is 3. The molecule has 0 saturated carbocycles. The Balaban J connectivity index is 2.45. The minimum absolute atomic E-state index is 0.116. The van der Waals surface area contributed by atoms with Gasteiger partial charge in [-0.2, -0.15) is 5.26 Å². The quantitative estimate of drug-likeness (QED) is 0.590. The molecule has 2 rings (SSSR count). The number of aliphatic hydroxyl groups is 2. The van der Waals surface area contributed by atoms with Crippen LogP contribution in [0.4, 0.5) is 0 Å². The first-order valence-electron chi connectivity index (χ1n) is 5.62. The number of H-pyrrole nitrogens is 1. The molecule has 1 fully saturated rings. The molecular weight excluding hydrogens is 254 g/mol. The van der Waals surface area contributed by atoms with E-state index in [9.17, 15) is 14.7 Å². The Morgan fingerprint density at radius 1 is 1.68 bits per heavy atom. The van der Waals surface area contributed by atoms with Crippen molar-refractivity contribution in [2.24, 2.45) is 0 Å². The van der Waals surface area contributed by atoms with Crippen LogP contribution in [-0.4, -0.2) is 38.1 Å². The molecule has 3 N–H and O–H groups in total. The van der Waals surface area contributed by atoms with E-state index in [1.165, 1.54) is 13.1 Å². The van der Waals surface area contributed by atoms with Crippen molar-refractivity contribution in [3.05, 3.63) is 32.6 Å². The number of aromatic nitrogens is 2. The highest BCUT2D eigenvalue weighted by molar-refractivity contribution is 5.09. The minimum Gasteiger partial charge on any atom is -0.392 e. The molecule has 0 unspecified atom stereocenters. The molecule has 1 aliphatic heterocycles. The van der Waals surface area contributed by atoms with Gasteiger partial charge in [-0.1, -0.05) is 0 Å². The summed E-state index contributed by atoms with van der Waals surface area (Å²) >= 11 is 0. The average Bonchev–Trinajstić information content (AvgIpc) is 2.72. The number of hydrogen-bond acceptors (Lipinski definition) is 6. The van der Waals surface area contributed by atoms with E-state index in [0.717, 1.165) is 4.57 Å². The summed E-state index contributed by atoms with van der Waals surface area (Å²) in [5, 5.41) is 28.0. The Morgan fingerprint density at radius 3 is 2.89 bits per heavy atom. The molecule has 0 bridgehead atoms. The predicted octanol–water partition coefficient (Wildman–Crippen LogP) is -1.62. The molecule has 0 aromatic carbocycles. The summed E-state index contributed by atoms with van der Waals surface area (Å²) in [6, 6.07) is 1.78. The first-order valence-corrected chi connectivity index (χ1v) is 5.62. The number of aryl methyl sites for hydroxylation is 1. The molecule has 1 aliphatic rings. The lowest BCUT2D eigenvalue weighted by Crippen LogP contribution is -2.37. The van der Waals surface area contributed by atoms with Gasteiger partial charge in [0.2, 0.25) is 0 Å². The molecule has 0 aliphatic carbocycles. The SMILES string of the molecule is Cc1cn([C@@H]2O[C@](C#N)(CO)C[C@H]2O)c(=O)[nH]c1=O. The second kappa shape index (κ2) is 4.62. The second-order valence-electron chi connectivity index (χ2n) is 4.52. The fraction of sp³-hybridized carbons (Fsp3) is 0.545. The van der Waals surface area contributed by atoms with E-state index in [4.69, 9.17) is 15.1 Å². The zero-order valence-electron chi connectivity index (χ0n) is 10.2. The molecule has 8 nitrogen and oxygen atoms in total. The van der Waals surface area contributed by atoms with Gasteiger partial charge in [0.1, 0.15) is 12.2 Å². The number of aliphatic hydroxyl groups excluding tert-OH is 2. The van der Waals surface area contributed by atoms with E-state index in [-0.39, 0.29) is 12.0 Å². The van der Waals surface area contributed by atoms with Gasteiger partial charge in [0.25, 0.3) is 5.56 Å². The van der Waals surface area contributed by atoms with Crippen LogP contribution < -0.4 is 11.2 Å². The summed E-state index contributed by atoms with van der Waals surface area (Å²) < 4.78 is 6.31. The fourth-order valence-electron chi connectivity index (χ4n) is 2.02. The molecule has 0 amide bonds. The Bertz CT molecular complexity index is 643. The van der Waals surface area contributed by atoms with Crippen molar-refractivity contribution >= 4 is 0 Å². The van der Waals surface area contributed by atoms with Crippen LogP contribution in [0.2, 0.25) is 0 Å². The van der Waals surface area contributed by atoms with Crippen molar-refractivity contribution in [1.82, 2.24) is 9.55 Å². The highest BCUT2D eigenvalue weighted by Crippen LogP contribution is 2.35. The van der Waals surface area contributed by atoms with E-state index in [1.807, 2.05) is 0 Å². The largest absolute Gasteiger partial charge is 0.392 e. The van der Waals surface area contributed by atoms with Crippen LogP contribution in [0.25, 0.3) is 0 Å². The van der Waals surface area contributed by atoms with Crippen molar-refractivity contribution in [3.63, 3.8) is 0 Å². The highest BCUT2D eigenvalue weighted by atomic mass is 16.6. The molecule has 3 atom stereocenters. The van der Waals surface area contributed by atoms with Crippen LogP contribution in [0.1, 0.15) is 18.2 Å². The molecule has 1 saturated heterocycles. The predicted molar refractivity (Wildman–Crippen MR) is 62.2 cm³/mol. The molecule has 0 radical (unpaired) electrons. The van der Waals surface area contributed by atoms with Crippen LogP contribution in [-0.2, 0) is 4.74 Å². The van der Waals surface area contributed by atoms with Gasteiger partial charge in [-0.05, 0) is 6.92 Å². The molecule has 1 aromatic heterocycles. The molecule has 1 aromatic rings. The number of rotatable bonds is 2. The van der Waals surface area contributed by atoms with Crippen LogP contribution in [0, 0.1) is 18.3 Å². The van der Waals surface area contributed by atoms with E-state index < -0.39 is 35.8 Å². The molecule has 0 spiro atoms. The third kappa shape index (κ3) is 2.19. The van der Waals surface area contributed by atoms with E-state index in [0.29, 0.717) is 0 Å². The summed E-state index contributed by atoms with van der Waals surface area (Å²) in [6.45, 7) is 0.911. The maximum absolute atomic E-state index is 11.7. The summed E-state index contributed by atoms with van der Waals surface area (Å²) in [5.41, 5.74) is -2.53. The molecule has 19 heavy (non-hydrogen) atoms. The Morgan fingerprint density at radius 2 is 2.37 bits per heavy atom. The molecule has 2 heterocycles. The lowest BCUT2D eigenvalue weighted by Gasteiger charge is -2.20. The summed E-state index contributed by atoms with van der Waals surface area (Å²) in [6.07, 6.45) is -1.11. The van der Waals surface area contributed by atoms with Gasteiger partial charge in [-0.3, -0.25) is 14.3 Å². The molecular formula is C11H13N3O5. The van der Waals surface area contributed by atoms with E-state index >= 15 is 0 Å². The zero-order valence-corrected chi connectivity index (χ0v) is 10.2. The third-order valence-corrected chi connectivity index (χ3v) is 3.09. The number of aromatic amines is 1.